The van der Waals surface area contributed by atoms with Crippen LogP contribution in [-0.2, 0) is 6.54 Å². The molecule has 0 spiro atoms. The second-order valence-electron chi connectivity index (χ2n) is 5.09. The van der Waals surface area contributed by atoms with Gasteiger partial charge < -0.3 is 5.11 Å². The van der Waals surface area contributed by atoms with Crippen LogP contribution in [0.15, 0.2) is 18.2 Å². The second kappa shape index (κ2) is 6.25. The van der Waals surface area contributed by atoms with Crippen molar-refractivity contribution in [3.8, 4) is 0 Å². The predicted octanol–water partition coefficient (Wildman–Crippen LogP) is 3.73. The summed E-state index contributed by atoms with van der Waals surface area (Å²) < 4.78 is 0. The van der Waals surface area contributed by atoms with E-state index in [2.05, 4.69) is 4.90 Å². The summed E-state index contributed by atoms with van der Waals surface area (Å²) in [5.74, 6) is 0. The Morgan fingerprint density at radius 3 is 2.94 bits per heavy atom. The second-order valence-corrected chi connectivity index (χ2v) is 5.93. The van der Waals surface area contributed by atoms with E-state index in [9.17, 15) is 5.11 Å². The van der Waals surface area contributed by atoms with Crippen LogP contribution in [-0.4, -0.2) is 28.7 Å². The number of hydrogen-bond donors (Lipinski definition) is 1. The summed E-state index contributed by atoms with van der Waals surface area (Å²) in [6, 6.07) is 6.05. The molecule has 0 amide bonds. The molecular formula is C14H19Cl2NO. The van der Waals surface area contributed by atoms with Gasteiger partial charge in [-0.3, -0.25) is 4.90 Å². The van der Waals surface area contributed by atoms with E-state index in [0.29, 0.717) is 6.04 Å². The summed E-state index contributed by atoms with van der Waals surface area (Å²) in [6.07, 6.45) is 2.93. The zero-order chi connectivity index (χ0) is 13.1. The highest BCUT2D eigenvalue weighted by molar-refractivity contribution is 6.33. The predicted molar refractivity (Wildman–Crippen MR) is 76.2 cm³/mol. The number of aliphatic hydroxyl groups is 1. The van der Waals surface area contributed by atoms with Gasteiger partial charge in [-0.25, -0.2) is 0 Å². The molecule has 0 radical (unpaired) electrons. The minimum Gasteiger partial charge on any atom is -0.393 e. The molecular weight excluding hydrogens is 269 g/mol. The number of nitrogens with zero attached hydrogens (tertiary/aromatic N) is 1. The van der Waals surface area contributed by atoms with Gasteiger partial charge in [0, 0.05) is 22.6 Å². The first kappa shape index (κ1) is 14.1. The molecule has 0 aliphatic carbocycles. The molecule has 1 aliphatic rings. The van der Waals surface area contributed by atoms with E-state index in [1.807, 2.05) is 25.1 Å². The lowest BCUT2D eigenvalue weighted by Crippen LogP contribution is -2.31. The Bertz CT molecular complexity index is 409. The van der Waals surface area contributed by atoms with Crippen LogP contribution >= 0.6 is 23.2 Å². The van der Waals surface area contributed by atoms with Crippen LogP contribution in [0.3, 0.4) is 0 Å². The lowest BCUT2D eigenvalue weighted by atomic mass is 10.1. The molecule has 0 aromatic heterocycles. The number of benzene rings is 1. The van der Waals surface area contributed by atoms with Crippen molar-refractivity contribution in [2.75, 3.05) is 6.54 Å². The van der Waals surface area contributed by atoms with Gasteiger partial charge >= 0.3 is 0 Å². The third-order valence-electron chi connectivity index (χ3n) is 3.49. The van der Waals surface area contributed by atoms with Crippen LogP contribution < -0.4 is 0 Å². The quantitative estimate of drug-likeness (QED) is 0.912. The van der Waals surface area contributed by atoms with Crippen molar-refractivity contribution in [1.82, 2.24) is 4.90 Å². The average molecular weight is 288 g/mol. The van der Waals surface area contributed by atoms with Crippen molar-refractivity contribution in [3.63, 3.8) is 0 Å². The molecule has 100 valence electrons. The molecule has 2 unspecified atom stereocenters. The van der Waals surface area contributed by atoms with Gasteiger partial charge in [-0.05, 0) is 56.5 Å². The van der Waals surface area contributed by atoms with Crippen LogP contribution in [0.2, 0.25) is 10.0 Å². The normalized spacial score (nSPS) is 22.3. The van der Waals surface area contributed by atoms with E-state index in [1.54, 1.807) is 0 Å². The number of likely N-dealkylation sites (tertiary alicyclic amines) is 1. The van der Waals surface area contributed by atoms with Gasteiger partial charge in [0.15, 0.2) is 0 Å². The maximum absolute atomic E-state index is 9.52. The maximum Gasteiger partial charge on any atom is 0.0527 e. The molecule has 1 aromatic carbocycles. The fourth-order valence-electron chi connectivity index (χ4n) is 2.65. The van der Waals surface area contributed by atoms with Crippen LogP contribution in [0, 0.1) is 0 Å². The highest BCUT2D eigenvalue weighted by Gasteiger charge is 2.25. The molecule has 0 bridgehead atoms. The molecule has 2 atom stereocenters. The van der Waals surface area contributed by atoms with Gasteiger partial charge in [-0.2, -0.15) is 0 Å². The monoisotopic (exact) mass is 287 g/mol. The molecule has 0 saturated carbocycles. The average Bonchev–Trinajstić information content (AvgIpc) is 2.70. The zero-order valence-electron chi connectivity index (χ0n) is 10.6. The Morgan fingerprint density at radius 1 is 1.44 bits per heavy atom. The van der Waals surface area contributed by atoms with Gasteiger partial charge in [0.05, 0.1) is 6.10 Å². The minimum absolute atomic E-state index is 0.245. The fraction of sp³-hybridized carbons (Fsp3) is 0.571. The first-order valence-corrected chi connectivity index (χ1v) is 7.18. The highest BCUT2D eigenvalue weighted by atomic mass is 35.5. The van der Waals surface area contributed by atoms with Crippen molar-refractivity contribution in [2.45, 2.75) is 44.9 Å². The topological polar surface area (TPSA) is 23.5 Å². The summed E-state index contributed by atoms with van der Waals surface area (Å²) >= 11 is 12.2. The Kier molecular flexibility index (Phi) is 4.91. The standard InChI is InChI=1S/C14H19Cl2NO/c1-10(18)7-13-3-2-6-17(13)9-11-8-12(15)4-5-14(11)16/h4-5,8,10,13,18H,2-3,6-7,9H2,1H3. The lowest BCUT2D eigenvalue weighted by Gasteiger charge is -2.26. The Morgan fingerprint density at radius 2 is 2.22 bits per heavy atom. The number of hydrogen-bond acceptors (Lipinski definition) is 2. The van der Waals surface area contributed by atoms with E-state index in [4.69, 9.17) is 23.2 Å². The van der Waals surface area contributed by atoms with Crippen LogP contribution in [0.4, 0.5) is 0 Å². The van der Waals surface area contributed by atoms with Crippen molar-refractivity contribution >= 4 is 23.2 Å². The van der Waals surface area contributed by atoms with Gasteiger partial charge in [-0.1, -0.05) is 23.2 Å². The van der Waals surface area contributed by atoms with Crippen molar-refractivity contribution in [1.29, 1.82) is 0 Å². The van der Waals surface area contributed by atoms with E-state index in [0.717, 1.165) is 41.5 Å². The molecule has 1 heterocycles. The summed E-state index contributed by atoms with van der Waals surface area (Å²) in [6.45, 7) is 3.74. The minimum atomic E-state index is -0.245. The highest BCUT2D eigenvalue weighted by Crippen LogP contribution is 2.27. The Labute approximate surface area is 119 Å². The molecule has 1 aromatic rings. The first-order chi connectivity index (χ1) is 8.56. The lowest BCUT2D eigenvalue weighted by molar-refractivity contribution is 0.131. The fourth-order valence-corrected chi connectivity index (χ4v) is 3.02. The molecule has 2 rings (SSSR count). The Balaban J connectivity index is 2.05. The third-order valence-corrected chi connectivity index (χ3v) is 4.10. The van der Waals surface area contributed by atoms with E-state index in [1.165, 1.54) is 6.42 Å². The molecule has 2 nitrogen and oxygen atoms in total. The third kappa shape index (κ3) is 3.61. The first-order valence-electron chi connectivity index (χ1n) is 6.42. The number of halogens is 2. The maximum atomic E-state index is 9.52. The van der Waals surface area contributed by atoms with Gasteiger partial charge in [0.2, 0.25) is 0 Å². The Hall–Kier alpha value is -0.280. The largest absolute Gasteiger partial charge is 0.393 e. The molecule has 18 heavy (non-hydrogen) atoms. The molecule has 4 heteroatoms. The van der Waals surface area contributed by atoms with Crippen LogP contribution in [0.1, 0.15) is 31.7 Å². The number of rotatable bonds is 4. The van der Waals surface area contributed by atoms with Crippen molar-refractivity contribution in [3.05, 3.63) is 33.8 Å². The summed E-state index contributed by atoms with van der Waals surface area (Å²) in [4.78, 5) is 2.39. The smallest absolute Gasteiger partial charge is 0.0527 e. The molecule has 1 aliphatic heterocycles. The van der Waals surface area contributed by atoms with Gasteiger partial charge in [-0.15, -0.1) is 0 Å². The summed E-state index contributed by atoms with van der Waals surface area (Å²) in [7, 11) is 0. The van der Waals surface area contributed by atoms with E-state index >= 15 is 0 Å². The zero-order valence-corrected chi connectivity index (χ0v) is 12.1. The molecule has 1 saturated heterocycles. The molecule has 1 fully saturated rings. The van der Waals surface area contributed by atoms with E-state index in [-0.39, 0.29) is 6.10 Å². The van der Waals surface area contributed by atoms with E-state index < -0.39 is 0 Å². The SMILES string of the molecule is CC(O)CC1CCCN1Cc1cc(Cl)ccc1Cl. The van der Waals surface area contributed by atoms with Crippen molar-refractivity contribution < 1.29 is 5.11 Å². The van der Waals surface area contributed by atoms with Gasteiger partial charge in [0.1, 0.15) is 0 Å². The van der Waals surface area contributed by atoms with Crippen molar-refractivity contribution in [2.24, 2.45) is 0 Å². The summed E-state index contributed by atoms with van der Waals surface area (Å²) in [5.41, 5.74) is 1.07. The van der Waals surface area contributed by atoms with Crippen LogP contribution in [0.25, 0.3) is 0 Å². The summed E-state index contributed by atoms with van der Waals surface area (Å²) in [5, 5.41) is 11.0. The van der Waals surface area contributed by atoms with Crippen LogP contribution in [0.5, 0.6) is 0 Å². The molecule has 1 N–H and O–H groups in total. The number of aliphatic hydroxyl groups excluding tert-OH is 1. The van der Waals surface area contributed by atoms with Gasteiger partial charge in [0.25, 0.3) is 0 Å².